The molecule has 2 aromatic carbocycles. The number of hydrogen-bond acceptors (Lipinski definition) is 3. The lowest BCUT2D eigenvalue weighted by molar-refractivity contribution is 0.482. The summed E-state index contributed by atoms with van der Waals surface area (Å²) in [5, 5.41) is 12.9. The molecule has 0 amide bonds. The highest BCUT2D eigenvalue weighted by Gasteiger charge is 2.01. The van der Waals surface area contributed by atoms with Crippen molar-refractivity contribution in [3.8, 4) is 23.3 Å². The Hall–Kier alpha value is -3.06. The van der Waals surface area contributed by atoms with E-state index in [1.165, 1.54) is 6.20 Å². The Kier molecular flexibility index (Phi) is 3.17. The van der Waals surface area contributed by atoms with Crippen LogP contribution in [0, 0.1) is 11.3 Å². The van der Waals surface area contributed by atoms with Gasteiger partial charge >= 0.3 is 0 Å². The lowest BCUT2D eigenvalue weighted by Gasteiger charge is -2.06. The first-order valence-corrected chi connectivity index (χ1v) is 6.13. The maximum Gasteiger partial charge on any atom is 0.127 e. The number of para-hydroxylation sites is 1. The molecule has 0 aliphatic carbocycles. The van der Waals surface area contributed by atoms with Gasteiger partial charge in [-0.15, -0.1) is 0 Å². The van der Waals surface area contributed by atoms with Gasteiger partial charge in [-0.25, -0.2) is 4.68 Å². The number of rotatable bonds is 3. The lowest BCUT2D eigenvalue weighted by atomic mass is 10.3. The first-order chi connectivity index (χ1) is 9.85. The molecule has 1 heterocycles. The van der Waals surface area contributed by atoms with Crippen molar-refractivity contribution in [1.29, 1.82) is 5.26 Å². The van der Waals surface area contributed by atoms with E-state index in [0.717, 1.165) is 17.2 Å². The number of nitriles is 1. The summed E-state index contributed by atoms with van der Waals surface area (Å²) in [7, 11) is 0. The van der Waals surface area contributed by atoms with Gasteiger partial charge in [-0.05, 0) is 36.4 Å². The summed E-state index contributed by atoms with van der Waals surface area (Å²) in [6.07, 6.45) is 3.22. The number of aromatic nitrogens is 2. The average Bonchev–Trinajstić information content (AvgIpc) is 2.98. The van der Waals surface area contributed by atoms with Crippen LogP contribution in [0.1, 0.15) is 5.56 Å². The van der Waals surface area contributed by atoms with Crippen molar-refractivity contribution in [3.05, 3.63) is 72.6 Å². The first-order valence-electron chi connectivity index (χ1n) is 6.13. The molecule has 3 rings (SSSR count). The Balaban J connectivity index is 1.79. The molecule has 1 aromatic heterocycles. The second-order valence-electron chi connectivity index (χ2n) is 4.19. The third kappa shape index (κ3) is 2.52. The fourth-order valence-electron chi connectivity index (χ4n) is 1.81. The zero-order valence-electron chi connectivity index (χ0n) is 10.6. The molecule has 0 saturated carbocycles. The maximum absolute atomic E-state index is 8.78. The Morgan fingerprint density at radius 3 is 2.30 bits per heavy atom. The highest BCUT2D eigenvalue weighted by molar-refractivity contribution is 5.40. The maximum atomic E-state index is 8.78. The van der Waals surface area contributed by atoms with Crippen LogP contribution in [0.2, 0.25) is 0 Å². The molecule has 0 spiro atoms. The minimum absolute atomic E-state index is 0.537. The Labute approximate surface area is 116 Å². The topological polar surface area (TPSA) is 50.8 Å². The number of hydrogen-bond donors (Lipinski definition) is 0. The van der Waals surface area contributed by atoms with Crippen molar-refractivity contribution in [3.63, 3.8) is 0 Å². The Morgan fingerprint density at radius 1 is 0.950 bits per heavy atom. The van der Waals surface area contributed by atoms with Crippen molar-refractivity contribution in [2.75, 3.05) is 0 Å². The second-order valence-corrected chi connectivity index (χ2v) is 4.19. The van der Waals surface area contributed by atoms with Gasteiger partial charge in [0, 0.05) is 6.20 Å². The molecule has 96 valence electrons. The van der Waals surface area contributed by atoms with Crippen molar-refractivity contribution in [2.45, 2.75) is 0 Å². The lowest BCUT2D eigenvalue weighted by Crippen LogP contribution is -1.93. The predicted molar refractivity (Wildman–Crippen MR) is 74.8 cm³/mol. The monoisotopic (exact) mass is 261 g/mol. The van der Waals surface area contributed by atoms with Gasteiger partial charge in [0.25, 0.3) is 0 Å². The molecule has 0 unspecified atom stereocenters. The third-order valence-electron chi connectivity index (χ3n) is 2.79. The average molecular weight is 261 g/mol. The summed E-state index contributed by atoms with van der Waals surface area (Å²) in [6, 6.07) is 19.2. The fraction of sp³-hybridized carbons (Fsp3) is 0. The van der Waals surface area contributed by atoms with E-state index in [2.05, 4.69) is 11.2 Å². The highest BCUT2D eigenvalue weighted by Crippen LogP contribution is 2.22. The van der Waals surface area contributed by atoms with Gasteiger partial charge in [0.15, 0.2) is 0 Å². The van der Waals surface area contributed by atoms with Gasteiger partial charge in [-0.1, -0.05) is 18.2 Å². The van der Waals surface area contributed by atoms with Crippen LogP contribution in [0.25, 0.3) is 5.69 Å². The normalized spacial score (nSPS) is 9.95. The molecular weight excluding hydrogens is 250 g/mol. The van der Waals surface area contributed by atoms with Gasteiger partial charge < -0.3 is 4.74 Å². The van der Waals surface area contributed by atoms with Gasteiger partial charge in [-0.2, -0.15) is 10.4 Å². The highest BCUT2D eigenvalue weighted by atomic mass is 16.5. The second kappa shape index (κ2) is 5.29. The van der Waals surface area contributed by atoms with E-state index in [-0.39, 0.29) is 0 Å². The summed E-state index contributed by atoms with van der Waals surface area (Å²) >= 11 is 0. The smallest absolute Gasteiger partial charge is 0.127 e. The molecule has 0 N–H and O–H groups in total. The Morgan fingerprint density at radius 2 is 1.65 bits per heavy atom. The Bertz CT molecular complexity index is 739. The van der Waals surface area contributed by atoms with Gasteiger partial charge in [0.05, 0.1) is 17.4 Å². The zero-order chi connectivity index (χ0) is 13.8. The summed E-state index contributed by atoms with van der Waals surface area (Å²) in [5.41, 5.74) is 1.42. The summed E-state index contributed by atoms with van der Waals surface area (Å²) in [6.45, 7) is 0. The fourth-order valence-corrected chi connectivity index (χ4v) is 1.81. The van der Waals surface area contributed by atoms with Crippen molar-refractivity contribution >= 4 is 0 Å². The van der Waals surface area contributed by atoms with Crippen LogP contribution in [0.15, 0.2) is 67.0 Å². The van der Waals surface area contributed by atoms with Crippen LogP contribution in [-0.4, -0.2) is 9.78 Å². The van der Waals surface area contributed by atoms with E-state index in [0.29, 0.717) is 5.56 Å². The molecule has 0 aliphatic rings. The molecule has 0 bridgehead atoms. The van der Waals surface area contributed by atoms with E-state index < -0.39 is 0 Å². The van der Waals surface area contributed by atoms with E-state index in [1.807, 2.05) is 54.6 Å². The van der Waals surface area contributed by atoms with Crippen LogP contribution in [0.3, 0.4) is 0 Å². The molecule has 4 nitrogen and oxygen atoms in total. The van der Waals surface area contributed by atoms with Crippen LogP contribution in [0.4, 0.5) is 0 Å². The molecule has 0 radical (unpaired) electrons. The van der Waals surface area contributed by atoms with Crippen molar-refractivity contribution in [2.24, 2.45) is 0 Å². The summed E-state index contributed by atoms with van der Waals surface area (Å²) < 4.78 is 7.37. The third-order valence-corrected chi connectivity index (χ3v) is 2.79. The summed E-state index contributed by atoms with van der Waals surface area (Å²) in [5.74, 6) is 1.55. The molecule has 3 aromatic rings. The molecular formula is C16H11N3O. The van der Waals surface area contributed by atoms with Crippen LogP contribution < -0.4 is 4.74 Å². The van der Waals surface area contributed by atoms with Crippen LogP contribution >= 0.6 is 0 Å². The molecule has 0 atom stereocenters. The quantitative estimate of drug-likeness (QED) is 0.724. The molecule has 20 heavy (non-hydrogen) atoms. The number of nitrogens with zero attached hydrogens (tertiary/aromatic N) is 3. The van der Waals surface area contributed by atoms with Gasteiger partial charge in [0.1, 0.15) is 17.6 Å². The molecule has 0 saturated heterocycles. The SMILES string of the molecule is N#Cc1cnn(-c2ccc(Oc3ccccc3)cc2)c1. The number of ether oxygens (including phenoxy) is 1. The van der Waals surface area contributed by atoms with Crippen molar-refractivity contribution in [1.82, 2.24) is 9.78 Å². The summed E-state index contributed by atoms with van der Waals surface area (Å²) in [4.78, 5) is 0. The van der Waals surface area contributed by atoms with E-state index in [9.17, 15) is 0 Å². The number of benzene rings is 2. The van der Waals surface area contributed by atoms with Gasteiger partial charge in [-0.3, -0.25) is 0 Å². The van der Waals surface area contributed by atoms with Gasteiger partial charge in [0.2, 0.25) is 0 Å². The standard InChI is InChI=1S/C16H11N3O/c17-10-13-11-18-19(12-13)14-6-8-16(9-7-14)20-15-4-2-1-3-5-15/h1-9,11-12H. The minimum atomic E-state index is 0.537. The van der Waals surface area contributed by atoms with E-state index in [1.54, 1.807) is 10.9 Å². The van der Waals surface area contributed by atoms with Crippen LogP contribution in [-0.2, 0) is 0 Å². The predicted octanol–water partition coefficient (Wildman–Crippen LogP) is 3.54. The minimum Gasteiger partial charge on any atom is -0.457 e. The first kappa shape index (κ1) is 12.0. The molecule has 0 fully saturated rings. The van der Waals surface area contributed by atoms with Crippen LogP contribution in [0.5, 0.6) is 11.5 Å². The molecule has 4 heteroatoms. The van der Waals surface area contributed by atoms with E-state index >= 15 is 0 Å². The molecule has 0 aliphatic heterocycles. The largest absolute Gasteiger partial charge is 0.457 e. The van der Waals surface area contributed by atoms with E-state index in [4.69, 9.17) is 10.00 Å². The van der Waals surface area contributed by atoms with Crippen molar-refractivity contribution < 1.29 is 4.74 Å². The zero-order valence-corrected chi connectivity index (χ0v) is 10.6.